The van der Waals surface area contributed by atoms with Crippen molar-refractivity contribution in [2.45, 2.75) is 109 Å². The number of rotatable bonds is 18. The molecule has 0 heterocycles. The van der Waals surface area contributed by atoms with Gasteiger partial charge in [-0.1, -0.05) is 101 Å². The lowest BCUT2D eigenvalue weighted by atomic mass is 9.76. The van der Waals surface area contributed by atoms with E-state index in [1.165, 1.54) is 71.9 Å². The highest BCUT2D eigenvalue weighted by atomic mass is 17.2. The summed E-state index contributed by atoms with van der Waals surface area (Å²) in [5.74, 6) is 2.65. The highest BCUT2D eigenvalue weighted by Crippen LogP contribution is 2.53. The summed E-state index contributed by atoms with van der Waals surface area (Å²) >= 11 is 0. The van der Waals surface area contributed by atoms with Crippen LogP contribution in [0.15, 0.2) is 84.9 Å². The SMILES string of the molecule is CCCCCCOc1ccc(COOc2ccc3c(c2)C2(CCc4ccc(Cc5ccc(OCCCCCC)cc5)cc42)CC3)cc1. The number of aryl methyl sites for hydroxylation is 2. The lowest BCUT2D eigenvalue weighted by molar-refractivity contribution is -0.217. The lowest BCUT2D eigenvalue weighted by Crippen LogP contribution is -2.21. The molecule has 4 heteroatoms. The minimum atomic E-state index is 0.0574. The first-order valence-electron chi connectivity index (χ1n) is 18.2. The zero-order valence-electron chi connectivity index (χ0n) is 28.5. The number of hydrogen-bond acceptors (Lipinski definition) is 4. The van der Waals surface area contributed by atoms with Gasteiger partial charge in [0.05, 0.1) is 13.2 Å². The van der Waals surface area contributed by atoms with Gasteiger partial charge >= 0.3 is 0 Å². The molecule has 0 aromatic heterocycles. The molecule has 1 atom stereocenters. The van der Waals surface area contributed by atoms with E-state index in [-0.39, 0.29) is 5.41 Å². The van der Waals surface area contributed by atoms with Crippen LogP contribution in [0, 0.1) is 0 Å². The van der Waals surface area contributed by atoms with E-state index in [4.69, 9.17) is 19.2 Å². The summed E-state index contributed by atoms with van der Waals surface area (Å²) in [6.45, 7) is 6.43. The second-order valence-corrected chi connectivity index (χ2v) is 13.5. The monoisotopic (exact) mass is 632 g/mol. The van der Waals surface area contributed by atoms with Gasteiger partial charge in [0, 0.05) is 5.41 Å². The molecular formula is C43H52O4. The predicted octanol–water partition coefficient (Wildman–Crippen LogP) is 10.9. The van der Waals surface area contributed by atoms with Crippen molar-refractivity contribution in [2.24, 2.45) is 0 Å². The molecule has 248 valence electrons. The van der Waals surface area contributed by atoms with Crippen LogP contribution < -0.4 is 14.4 Å². The molecule has 6 rings (SSSR count). The molecule has 4 aromatic rings. The largest absolute Gasteiger partial charge is 0.494 e. The quantitative estimate of drug-likeness (QED) is 0.0621. The van der Waals surface area contributed by atoms with Crippen LogP contribution in [0.3, 0.4) is 0 Å². The van der Waals surface area contributed by atoms with Gasteiger partial charge in [-0.25, -0.2) is 0 Å². The maximum absolute atomic E-state index is 5.97. The molecule has 0 saturated heterocycles. The van der Waals surface area contributed by atoms with Crippen LogP contribution in [0.2, 0.25) is 0 Å². The molecule has 0 saturated carbocycles. The third-order valence-corrected chi connectivity index (χ3v) is 10.1. The molecule has 1 unspecified atom stereocenters. The van der Waals surface area contributed by atoms with Crippen molar-refractivity contribution < 1.29 is 19.2 Å². The fourth-order valence-electron chi connectivity index (χ4n) is 7.40. The standard InChI is InChI=1S/C43H52O4/c1-3-5-7-9-27-44-38-18-12-33(13-19-38)29-35-11-16-36-23-25-43(41(36)30-35)26-24-37-17-22-40(31-42(37)43)47-46-32-34-14-20-39(21-15-34)45-28-10-8-6-4-2/h11-22,30-31H,3-10,23-29,32H2,1-2H3. The molecule has 1 spiro atoms. The fourth-order valence-corrected chi connectivity index (χ4v) is 7.40. The third-order valence-electron chi connectivity index (χ3n) is 10.1. The van der Waals surface area contributed by atoms with Crippen LogP contribution in [-0.2, 0) is 36.2 Å². The molecule has 47 heavy (non-hydrogen) atoms. The van der Waals surface area contributed by atoms with Crippen LogP contribution >= 0.6 is 0 Å². The Hall–Kier alpha value is -3.76. The van der Waals surface area contributed by atoms with E-state index >= 15 is 0 Å². The number of ether oxygens (including phenoxy) is 2. The van der Waals surface area contributed by atoms with Gasteiger partial charge in [0.1, 0.15) is 18.1 Å². The second kappa shape index (κ2) is 16.4. The van der Waals surface area contributed by atoms with Gasteiger partial charge in [-0.05, 0) is 120 Å². The normalized spacial score (nSPS) is 16.3. The molecule has 0 fully saturated rings. The van der Waals surface area contributed by atoms with Crippen molar-refractivity contribution in [3.05, 3.63) is 124 Å². The number of unbranched alkanes of at least 4 members (excludes halogenated alkanes) is 6. The number of hydrogen-bond donors (Lipinski definition) is 0. The van der Waals surface area contributed by atoms with E-state index in [9.17, 15) is 0 Å². The summed E-state index contributed by atoms with van der Waals surface area (Å²) in [5.41, 5.74) is 9.65. The van der Waals surface area contributed by atoms with Crippen LogP contribution in [0.1, 0.15) is 117 Å². The highest BCUT2D eigenvalue weighted by molar-refractivity contribution is 5.56. The van der Waals surface area contributed by atoms with Gasteiger partial charge in [-0.3, -0.25) is 0 Å². The first-order chi connectivity index (χ1) is 23.2. The topological polar surface area (TPSA) is 36.9 Å². The maximum atomic E-state index is 5.97. The van der Waals surface area contributed by atoms with E-state index in [0.717, 1.165) is 81.0 Å². The molecule has 0 radical (unpaired) electrons. The van der Waals surface area contributed by atoms with Crippen LogP contribution in [-0.4, -0.2) is 13.2 Å². The Morgan fingerprint density at radius 3 is 1.68 bits per heavy atom. The second-order valence-electron chi connectivity index (χ2n) is 13.5. The first kappa shape index (κ1) is 33.2. The van der Waals surface area contributed by atoms with E-state index in [1.54, 1.807) is 0 Å². The van der Waals surface area contributed by atoms with E-state index in [1.807, 2.05) is 24.3 Å². The van der Waals surface area contributed by atoms with E-state index in [2.05, 4.69) is 74.5 Å². The van der Waals surface area contributed by atoms with Crippen molar-refractivity contribution in [1.82, 2.24) is 0 Å². The van der Waals surface area contributed by atoms with Crippen molar-refractivity contribution >= 4 is 0 Å². The van der Waals surface area contributed by atoms with Gasteiger partial charge in [0.25, 0.3) is 0 Å². The Bertz CT molecular complexity index is 1550. The zero-order chi connectivity index (χ0) is 32.3. The molecule has 0 amide bonds. The number of benzene rings is 4. The van der Waals surface area contributed by atoms with Crippen LogP contribution in [0.5, 0.6) is 17.2 Å². The van der Waals surface area contributed by atoms with Gasteiger partial charge in [0.2, 0.25) is 0 Å². The van der Waals surface area contributed by atoms with Gasteiger partial charge in [-0.15, -0.1) is 0 Å². The molecular weight excluding hydrogens is 580 g/mol. The molecule has 4 aromatic carbocycles. The van der Waals surface area contributed by atoms with Gasteiger partial charge in [0.15, 0.2) is 5.75 Å². The van der Waals surface area contributed by atoms with Gasteiger partial charge < -0.3 is 14.4 Å². The Morgan fingerprint density at radius 1 is 0.532 bits per heavy atom. The lowest BCUT2D eigenvalue weighted by Gasteiger charge is -2.27. The maximum Gasteiger partial charge on any atom is 0.165 e. The smallest absolute Gasteiger partial charge is 0.165 e. The van der Waals surface area contributed by atoms with Crippen molar-refractivity contribution in [3.63, 3.8) is 0 Å². The molecule has 0 bridgehead atoms. The minimum Gasteiger partial charge on any atom is -0.494 e. The molecule has 2 aliphatic carbocycles. The van der Waals surface area contributed by atoms with Crippen molar-refractivity contribution in [3.8, 4) is 17.2 Å². The third kappa shape index (κ3) is 8.40. The molecule has 2 aliphatic rings. The summed E-state index contributed by atoms with van der Waals surface area (Å²) in [4.78, 5) is 11.6. The van der Waals surface area contributed by atoms with E-state index < -0.39 is 0 Å². The van der Waals surface area contributed by atoms with Crippen LogP contribution in [0.4, 0.5) is 0 Å². The minimum absolute atomic E-state index is 0.0574. The summed E-state index contributed by atoms with van der Waals surface area (Å²) in [6.07, 6.45) is 15.2. The fraction of sp³-hybridized carbons (Fsp3) is 0.442. The summed E-state index contributed by atoms with van der Waals surface area (Å²) in [5, 5.41) is 0. The molecule has 0 N–H and O–H groups in total. The average Bonchev–Trinajstić information content (AvgIpc) is 3.66. The predicted molar refractivity (Wildman–Crippen MR) is 191 cm³/mol. The molecule has 4 nitrogen and oxygen atoms in total. The zero-order valence-corrected chi connectivity index (χ0v) is 28.5. The Morgan fingerprint density at radius 2 is 1.06 bits per heavy atom. The Balaban J connectivity index is 1.05. The summed E-state index contributed by atoms with van der Waals surface area (Å²) < 4.78 is 11.9. The first-order valence-corrected chi connectivity index (χ1v) is 18.2. The average molecular weight is 633 g/mol. The van der Waals surface area contributed by atoms with Crippen LogP contribution in [0.25, 0.3) is 0 Å². The summed E-state index contributed by atoms with van der Waals surface area (Å²) in [6, 6.07) is 30.5. The van der Waals surface area contributed by atoms with E-state index in [0.29, 0.717) is 6.61 Å². The number of fused-ring (bicyclic) bond motifs is 4. The highest BCUT2D eigenvalue weighted by Gasteiger charge is 2.45. The van der Waals surface area contributed by atoms with Gasteiger partial charge in [-0.2, -0.15) is 4.89 Å². The Labute approximate surface area is 282 Å². The Kier molecular flexibility index (Phi) is 11.5. The van der Waals surface area contributed by atoms with Crippen molar-refractivity contribution in [1.29, 1.82) is 0 Å². The summed E-state index contributed by atoms with van der Waals surface area (Å²) in [7, 11) is 0. The molecule has 0 aliphatic heterocycles. The van der Waals surface area contributed by atoms with Crippen molar-refractivity contribution in [2.75, 3.05) is 13.2 Å².